The molecule has 1 heterocycles. The Balaban J connectivity index is 0.00000338. The van der Waals surface area contributed by atoms with Crippen molar-refractivity contribution < 1.29 is 4.79 Å². The van der Waals surface area contributed by atoms with E-state index in [0.717, 1.165) is 26.1 Å². The summed E-state index contributed by atoms with van der Waals surface area (Å²) in [6, 6.07) is 10.5. The number of hydrogen-bond donors (Lipinski definition) is 3. The van der Waals surface area contributed by atoms with Gasteiger partial charge in [0.1, 0.15) is 0 Å². The Hall–Kier alpha value is -1.51. The summed E-state index contributed by atoms with van der Waals surface area (Å²) < 4.78 is 0. The van der Waals surface area contributed by atoms with Crippen LogP contribution >= 0.6 is 24.0 Å². The summed E-state index contributed by atoms with van der Waals surface area (Å²) in [4.78, 5) is 18.5. The number of nitrogens with zero attached hydrogens (tertiary/aromatic N) is 2. The van der Waals surface area contributed by atoms with Gasteiger partial charge in [-0.25, -0.2) is 0 Å². The van der Waals surface area contributed by atoms with Gasteiger partial charge in [0.25, 0.3) is 0 Å². The van der Waals surface area contributed by atoms with Crippen LogP contribution in [0.4, 0.5) is 5.69 Å². The van der Waals surface area contributed by atoms with Gasteiger partial charge in [-0.15, -0.1) is 24.0 Å². The van der Waals surface area contributed by atoms with Crippen molar-refractivity contribution in [3.8, 4) is 0 Å². The minimum absolute atomic E-state index is 0. The summed E-state index contributed by atoms with van der Waals surface area (Å²) in [5.41, 5.74) is 1.06. The van der Waals surface area contributed by atoms with Crippen molar-refractivity contribution in [1.29, 1.82) is 0 Å². The molecule has 1 fully saturated rings. The van der Waals surface area contributed by atoms with Crippen LogP contribution in [-0.2, 0) is 4.79 Å². The third-order valence-electron chi connectivity index (χ3n) is 4.12. The fraction of sp³-hybridized carbons (Fsp3) is 0.579. The number of rotatable bonds is 5. The normalized spacial score (nSPS) is 17.5. The molecule has 0 aromatic heterocycles. The first-order chi connectivity index (χ1) is 11.9. The van der Waals surface area contributed by atoms with E-state index in [4.69, 9.17) is 0 Å². The number of hydrogen-bond acceptors (Lipinski definition) is 3. The Morgan fingerprint density at radius 1 is 1.23 bits per heavy atom. The molecule has 1 amide bonds. The maximum Gasteiger partial charge on any atom is 0.239 e. The topological polar surface area (TPSA) is 68.8 Å². The summed E-state index contributed by atoms with van der Waals surface area (Å²) in [5.74, 6) is 1.20. The third kappa shape index (κ3) is 7.80. The predicted octanol–water partition coefficient (Wildman–Crippen LogP) is 2.21. The van der Waals surface area contributed by atoms with Gasteiger partial charge in [0.15, 0.2) is 5.96 Å². The van der Waals surface area contributed by atoms with Gasteiger partial charge in [-0.3, -0.25) is 9.79 Å². The van der Waals surface area contributed by atoms with Gasteiger partial charge in [-0.2, -0.15) is 0 Å². The summed E-state index contributed by atoms with van der Waals surface area (Å²) in [7, 11) is 1.72. The molecule has 0 bridgehead atoms. The second-order valence-electron chi connectivity index (χ2n) is 7.54. The SMILES string of the molecule is CN=C(NCC(=O)NC(C)(C)C)NCC1CCN(c2ccccc2)C1.I. The monoisotopic (exact) mass is 473 g/mol. The lowest BCUT2D eigenvalue weighted by molar-refractivity contribution is -0.121. The van der Waals surface area contributed by atoms with Crippen LogP contribution in [0.3, 0.4) is 0 Å². The van der Waals surface area contributed by atoms with Crippen molar-refractivity contribution in [3.05, 3.63) is 30.3 Å². The molecule has 3 N–H and O–H groups in total. The van der Waals surface area contributed by atoms with Gasteiger partial charge in [0.05, 0.1) is 6.54 Å². The maximum atomic E-state index is 11.9. The highest BCUT2D eigenvalue weighted by Gasteiger charge is 2.22. The standard InChI is InChI=1S/C19H31N5O.HI/c1-19(2,3)23-17(25)13-22-18(20-4)21-12-15-10-11-24(14-15)16-8-6-5-7-9-16;/h5-9,15H,10-14H2,1-4H3,(H,23,25)(H2,20,21,22);1H. The molecule has 2 rings (SSSR count). The quantitative estimate of drug-likeness (QED) is 0.349. The molecule has 146 valence electrons. The fourth-order valence-electron chi connectivity index (χ4n) is 2.96. The summed E-state index contributed by atoms with van der Waals surface area (Å²) >= 11 is 0. The van der Waals surface area contributed by atoms with Crippen molar-refractivity contribution in [3.63, 3.8) is 0 Å². The molecule has 0 saturated carbocycles. The molecule has 1 aliphatic heterocycles. The molecule has 0 aliphatic carbocycles. The Morgan fingerprint density at radius 2 is 1.92 bits per heavy atom. The van der Waals surface area contributed by atoms with E-state index in [2.05, 4.69) is 50.1 Å². The number of halogens is 1. The number of nitrogens with one attached hydrogen (secondary N) is 3. The van der Waals surface area contributed by atoms with Crippen LogP contribution in [0, 0.1) is 5.92 Å². The van der Waals surface area contributed by atoms with Crippen molar-refractivity contribution >= 4 is 41.5 Å². The van der Waals surface area contributed by atoms with Gasteiger partial charge < -0.3 is 20.9 Å². The lowest BCUT2D eigenvalue weighted by atomic mass is 10.1. The molecule has 0 spiro atoms. The number of carbonyl (C=O) groups excluding carboxylic acids is 1. The van der Waals surface area contributed by atoms with Crippen LogP contribution in [-0.4, -0.2) is 50.6 Å². The van der Waals surface area contributed by atoms with Gasteiger partial charge in [0, 0.05) is 37.9 Å². The summed E-state index contributed by atoms with van der Waals surface area (Å²) in [6.45, 7) is 9.10. The number of para-hydroxylation sites is 1. The highest BCUT2D eigenvalue weighted by atomic mass is 127. The van der Waals surface area contributed by atoms with E-state index < -0.39 is 0 Å². The average Bonchev–Trinajstić information content (AvgIpc) is 3.03. The molecule has 7 heteroatoms. The molecule has 1 aromatic carbocycles. The molecule has 26 heavy (non-hydrogen) atoms. The molecule has 1 atom stereocenters. The van der Waals surface area contributed by atoms with Gasteiger partial charge in [0.2, 0.25) is 5.91 Å². The summed E-state index contributed by atoms with van der Waals surface area (Å²) in [5, 5.41) is 9.33. The first kappa shape index (κ1) is 22.5. The molecule has 1 unspecified atom stereocenters. The van der Waals surface area contributed by atoms with E-state index >= 15 is 0 Å². The Morgan fingerprint density at radius 3 is 2.54 bits per heavy atom. The lowest BCUT2D eigenvalue weighted by Crippen LogP contribution is -2.48. The maximum absolute atomic E-state index is 11.9. The predicted molar refractivity (Wildman–Crippen MR) is 119 cm³/mol. The zero-order chi connectivity index (χ0) is 18.3. The van der Waals surface area contributed by atoms with E-state index in [1.165, 1.54) is 5.69 Å². The molecule has 1 aromatic rings. The van der Waals surface area contributed by atoms with Crippen LogP contribution in [0.25, 0.3) is 0 Å². The van der Waals surface area contributed by atoms with Crippen molar-refractivity contribution in [2.45, 2.75) is 32.7 Å². The van der Waals surface area contributed by atoms with E-state index in [-0.39, 0.29) is 42.0 Å². The zero-order valence-corrected chi connectivity index (χ0v) is 18.5. The highest BCUT2D eigenvalue weighted by molar-refractivity contribution is 14.0. The number of guanidine groups is 1. The number of amides is 1. The van der Waals surface area contributed by atoms with Crippen molar-refractivity contribution in [2.24, 2.45) is 10.9 Å². The fourth-order valence-corrected chi connectivity index (χ4v) is 2.96. The number of benzene rings is 1. The minimum Gasteiger partial charge on any atom is -0.371 e. The van der Waals surface area contributed by atoms with Crippen molar-refractivity contribution in [2.75, 3.05) is 38.1 Å². The van der Waals surface area contributed by atoms with Crippen LogP contribution in [0.2, 0.25) is 0 Å². The van der Waals surface area contributed by atoms with Gasteiger partial charge in [-0.05, 0) is 45.2 Å². The smallest absolute Gasteiger partial charge is 0.239 e. The van der Waals surface area contributed by atoms with E-state index in [1.54, 1.807) is 7.05 Å². The third-order valence-corrected chi connectivity index (χ3v) is 4.12. The molecule has 1 saturated heterocycles. The average molecular weight is 473 g/mol. The molecular weight excluding hydrogens is 441 g/mol. The number of aliphatic imine (C=N–C) groups is 1. The second kappa shape index (κ2) is 10.6. The van der Waals surface area contributed by atoms with E-state index in [0.29, 0.717) is 11.9 Å². The van der Waals surface area contributed by atoms with E-state index in [1.807, 2.05) is 26.8 Å². The van der Waals surface area contributed by atoms with E-state index in [9.17, 15) is 4.79 Å². The van der Waals surface area contributed by atoms with Gasteiger partial charge in [-0.1, -0.05) is 18.2 Å². The molecule has 6 nitrogen and oxygen atoms in total. The molecule has 0 radical (unpaired) electrons. The molecule has 1 aliphatic rings. The highest BCUT2D eigenvalue weighted by Crippen LogP contribution is 2.22. The summed E-state index contributed by atoms with van der Waals surface area (Å²) in [6.07, 6.45) is 1.16. The largest absolute Gasteiger partial charge is 0.371 e. The first-order valence-corrected chi connectivity index (χ1v) is 8.93. The van der Waals surface area contributed by atoms with Crippen LogP contribution < -0.4 is 20.9 Å². The van der Waals surface area contributed by atoms with Crippen LogP contribution in [0.5, 0.6) is 0 Å². The second-order valence-corrected chi connectivity index (χ2v) is 7.54. The van der Waals surface area contributed by atoms with Crippen LogP contribution in [0.15, 0.2) is 35.3 Å². The first-order valence-electron chi connectivity index (χ1n) is 8.93. The Labute approximate surface area is 174 Å². The van der Waals surface area contributed by atoms with Crippen molar-refractivity contribution in [1.82, 2.24) is 16.0 Å². The minimum atomic E-state index is -0.222. The number of carbonyl (C=O) groups is 1. The zero-order valence-electron chi connectivity index (χ0n) is 16.2. The lowest BCUT2D eigenvalue weighted by Gasteiger charge is -2.21. The van der Waals surface area contributed by atoms with Gasteiger partial charge >= 0.3 is 0 Å². The Bertz CT molecular complexity index is 585. The van der Waals surface area contributed by atoms with Crippen LogP contribution in [0.1, 0.15) is 27.2 Å². The Kier molecular flexibility index (Phi) is 9.18. The number of anilines is 1. The molecular formula is C19H32IN5O.